The minimum atomic E-state index is 0.110. The zero-order valence-corrected chi connectivity index (χ0v) is 12.9. The number of aromatic nitrogens is 1. The molecular weight excluding hydrogens is 270 g/mol. The third-order valence-corrected chi connectivity index (χ3v) is 5.53. The van der Waals surface area contributed by atoms with Gasteiger partial charge in [0.15, 0.2) is 0 Å². The van der Waals surface area contributed by atoms with Crippen molar-refractivity contribution in [1.82, 2.24) is 14.8 Å². The number of rotatable bonds is 2. The monoisotopic (exact) mass is 293 g/mol. The van der Waals surface area contributed by atoms with Crippen molar-refractivity contribution in [2.45, 2.75) is 44.1 Å². The van der Waals surface area contributed by atoms with Gasteiger partial charge in [0.05, 0.1) is 11.0 Å². The number of piperidine rings is 2. The van der Waals surface area contributed by atoms with Gasteiger partial charge in [-0.3, -0.25) is 9.69 Å². The van der Waals surface area contributed by atoms with E-state index in [4.69, 9.17) is 0 Å². The summed E-state index contributed by atoms with van der Waals surface area (Å²) in [6.07, 6.45) is 7.57. The molecule has 5 heteroatoms. The Labute approximate surface area is 124 Å². The predicted molar refractivity (Wildman–Crippen MR) is 80.9 cm³/mol. The molecule has 0 spiro atoms. The van der Waals surface area contributed by atoms with E-state index in [-0.39, 0.29) is 6.04 Å². The summed E-state index contributed by atoms with van der Waals surface area (Å²) in [5.74, 6) is 0.787. The summed E-state index contributed by atoms with van der Waals surface area (Å²) in [5.41, 5.74) is 0. The molecule has 0 unspecified atom stereocenters. The van der Waals surface area contributed by atoms with Gasteiger partial charge in [0, 0.05) is 30.6 Å². The van der Waals surface area contributed by atoms with Crippen molar-refractivity contribution in [1.29, 1.82) is 0 Å². The van der Waals surface area contributed by atoms with Crippen molar-refractivity contribution in [3.8, 4) is 0 Å². The van der Waals surface area contributed by atoms with Crippen LogP contribution < -0.4 is 0 Å². The third kappa shape index (κ3) is 2.88. The first-order valence-electron chi connectivity index (χ1n) is 7.64. The Bertz CT molecular complexity index is 448. The lowest BCUT2D eigenvalue weighted by Gasteiger charge is -2.38. The van der Waals surface area contributed by atoms with E-state index in [1.807, 2.05) is 11.6 Å². The van der Waals surface area contributed by atoms with Crippen LogP contribution in [0.25, 0.3) is 0 Å². The van der Waals surface area contributed by atoms with Gasteiger partial charge in [-0.25, -0.2) is 4.98 Å². The molecule has 110 valence electrons. The van der Waals surface area contributed by atoms with Gasteiger partial charge in [-0.15, -0.1) is 11.3 Å². The average molecular weight is 293 g/mol. The first kappa shape index (κ1) is 14.0. The number of carbonyl (C=O) groups is 1. The number of carbonyl (C=O) groups excluding carboxylic acids is 1. The quantitative estimate of drug-likeness (QED) is 0.840. The number of thiazole rings is 1. The minimum absolute atomic E-state index is 0.110. The van der Waals surface area contributed by atoms with Crippen LogP contribution in [0.1, 0.15) is 43.0 Å². The Morgan fingerprint density at radius 1 is 1.30 bits per heavy atom. The molecule has 2 saturated heterocycles. The van der Waals surface area contributed by atoms with Gasteiger partial charge in [-0.05, 0) is 39.3 Å². The molecule has 0 N–H and O–H groups in total. The zero-order valence-electron chi connectivity index (χ0n) is 12.1. The largest absolute Gasteiger partial charge is 0.341 e. The topological polar surface area (TPSA) is 36.4 Å². The summed E-state index contributed by atoms with van der Waals surface area (Å²) in [6, 6.07) is 0.110. The molecule has 1 amide bonds. The van der Waals surface area contributed by atoms with Crippen LogP contribution in [0.5, 0.6) is 0 Å². The molecule has 2 atom stereocenters. The Morgan fingerprint density at radius 3 is 2.95 bits per heavy atom. The Morgan fingerprint density at radius 2 is 2.20 bits per heavy atom. The fourth-order valence-electron chi connectivity index (χ4n) is 3.41. The molecule has 20 heavy (non-hydrogen) atoms. The molecule has 3 heterocycles. The van der Waals surface area contributed by atoms with E-state index < -0.39 is 0 Å². The average Bonchev–Trinajstić information content (AvgIpc) is 3.01. The molecule has 0 radical (unpaired) electrons. The van der Waals surface area contributed by atoms with E-state index >= 15 is 0 Å². The SMILES string of the molecule is CN1CCCC[C@@H]1C(=O)N1CCC[C@@H](c2nccs2)C1. The van der Waals surface area contributed by atoms with Gasteiger partial charge in [0.2, 0.25) is 5.91 Å². The van der Waals surface area contributed by atoms with Gasteiger partial charge in [-0.1, -0.05) is 6.42 Å². The second kappa shape index (κ2) is 6.22. The number of hydrogen-bond donors (Lipinski definition) is 0. The van der Waals surface area contributed by atoms with Gasteiger partial charge in [0.1, 0.15) is 0 Å². The number of amides is 1. The van der Waals surface area contributed by atoms with Crippen LogP contribution in [0.2, 0.25) is 0 Å². The highest BCUT2D eigenvalue weighted by molar-refractivity contribution is 7.09. The van der Waals surface area contributed by atoms with E-state index in [9.17, 15) is 4.79 Å². The zero-order chi connectivity index (χ0) is 13.9. The summed E-state index contributed by atoms with van der Waals surface area (Å²) >= 11 is 1.72. The summed E-state index contributed by atoms with van der Waals surface area (Å²) in [6.45, 7) is 2.84. The van der Waals surface area contributed by atoms with Crippen molar-refractivity contribution in [2.24, 2.45) is 0 Å². The van der Waals surface area contributed by atoms with E-state index in [1.54, 1.807) is 11.3 Å². The van der Waals surface area contributed by atoms with Crippen LogP contribution >= 0.6 is 11.3 Å². The van der Waals surface area contributed by atoms with E-state index in [0.29, 0.717) is 11.8 Å². The van der Waals surface area contributed by atoms with Crippen LogP contribution in [0.15, 0.2) is 11.6 Å². The molecule has 1 aromatic heterocycles. The molecule has 0 aromatic carbocycles. The van der Waals surface area contributed by atoms with Crippen LogP contribution in [-0.2, 0) is 4.79 Å². The van der Waals surface area contributed by atoms with Gasteiger partial charge in [-0.2, -0.15) is 0 Å². The predicted octanol–water partition coefficient (Wildman–Crippen LogP) is 2.33. The Hall–Kier alpha value is -0.940. The van der Waals surface area contributed by atoms with Crippen LogP contribution in [0, 0.1) is 0 Å². The van der Waals surface area contributed by atoms with E-state index in [0.717, 1.165) is 38.9 Å². The van der Waals surface area contributed by atoms with E-state index in [1.165, 1.54) is 17.8 Å². The number of likely N-dealkylation sites (N-methyl/N-ethyl adjacent to an activating group) is 1. The highest BCUT2D eigenvalue weighted by Gasteiger charge is 2.33. The van der Waals surface area contributed by atoms with Crippen LogP contribution in [0.3, 0.4) is 0 Å². The first-order valence-corrected chi connectivity index (χ1v) is 8.52. The van der Waals surface area contributed by atoms with Crippen molar-refractivity contribution in [3.63, 3.8) is 0 Å². The summed E-state index contributed by atoms with van der Waals surface area (Å²) in [4.78, 5) is 21.5. The normalized spacial score (nSPS) is 28.6. The molecule has 0 saturated carbocycles. The lowest BCUT2D eigenvalue weighted by atomic mass is 9.96. The number of hydrogen-bond acceptors (Lipinski definition) is 4. The molecule has 2 fully saturated rings. The lowest BCUT2D eigenvalue weighted by molar-refractivity contribution is -0.138. The third-order valence-electron chi connectivity index (χ3n) is 4.59. The maximum absolute atomic E-state index is 12.7. The fraction of sp³-hybridized carbons (Fsp3) is 0.733. The first-order chi connectivity index (χ1) is 9.75. The fourth-order valence-corrected chi connectivity index (χ4v) is 4.18. The molecular formula is C15H23N3OS. The van der Waals surface area contributed by atoms with Gasteiger partial charge < -0.3 is 4.90 Å². The van der Waals surface area contributed by atoms with Crippen molar-refractivity contribution in [3.05, 3.63) is 16.6 Å². The standard InChI is InChI=1S/C15H23N3OS/c1-17-8-3-2-6-13(17)15(19)18-9-4-5-12(11-18)14-16-7-10-20-14/h7,10,12-13H,2-6,8-9,11H2,1H3/t12-,13-/m1/s1. The molecule has 2 aliphatic heterocycles. The number of nitrogens with zero attached hydrogens (tertiary/aromatic N) is 3. The molecule has 0 aliphatic carbocycles. The summed E-state index contributed by atoms with van der Waals surface area (Å²) in [5, 5.41) is 3.23. The summed E-state index contributed by atoms with van der Waals surface area (Å²) in [7, 11) is 2.09. The lowest BCUT2D eigenvalue weighted by Crippen LogP contribution is -2.51. The molecule has 2 aliphatic rings. The van der Waals surface area contributed by atoms with Crippen LogP contribution in [-0.4, -0.2) is 53.4 Å². The van der Waals surface area contributed by atoms with Gasteiger partial charge >= 0.3 is 0 Å². The number of likely N-dealkylation sites (tertiary alicyclic amines) is 2. The second-order valence-electron chi connectivity index (χ2n) is 5.99. The highest BCUT2D eigenvalue weighted by Crippen LogP contribution is 2.29. The molecule has 3 rings (SSSR count). The Kier molecular flexibility index (Phi) is 4.36. The van der Waals surface area contributed by atoms with Crippen molar-refractivity contribution in [2.75, 3.05) is 26.7 Å². The van der Waals surface area contributed by atoms with Crippen LogP contribution in [0.4, 0.5) is 0 Å². The van der Waals surface area contributed by atoms with E-state index in [2.05, 4.69) is 21.8 Å². The van der Waals surface area contributed by atoms with Crippen molar-refractivity contribution < 1.29 is 4.79 Å². The molecule has 4 nitrogen and oxygen atoms in total. The van der Waals surface area contributed by atoms with Gasteiger partial charge in [0.25, 0.3) is 0 Å². The Balaban J connectivity index is 1.65. The summed E-state index contributed by atoms with van der Waals surface area (Å²) < 4.78 is 0. The smallest absolute Gasteiger partial charge is 0.239 e. The molecule has 1 aromatic rings. The minimum Gasteiger partial charge on any atom is -0.341 e. The maximum Gasteiger partial charge on any atom is 0.239 e. The maximum atomic E-state index is 12.7. The van der Waals surface area contributed by atoms with Crippen molar-refractivity contribution >= 4 is 17.2 Å². The highest BCUT2D eigenvalue weighted by atomic mass is 32.1. The molecule has 0 bridgehead atoms. The second-order valence-corrected chi connectivity index (χ2v) is 6.91.